The maximum atomic E-state index is 13.0. The second-order valence-corrected chi connectivity index (χ2v) is 7.59. The van der Waals surface area contributed by atoms with Crippen LogP contribution in [0.4, 0.5) is 5.69 Å². The molecule has 4 rings (SSSR count). The number of hydrogen-bond donors (Lipinski definition) is 1. The van der Waals surface area contributed by atoms with Crippen molar-refractivity contribution in [2.45, 2.75) is 20.8 Å². The van der Waals surface area contributed by atoms with E-state index in [9.17, 15) is 14.4 Å². The van der Waals surface area contributed by atoms with Gasteiger partial charge >= 0.3 is 0 Å². The van der Waals surface area contributed by atoms with Crippen LogP contribution < -0.4 is 10.2 Å². The number of imide groups is 1. The van der Waals surface area contributed by atoms with Gasteiger partial charge in [0.1, 0.15) is 0 Å². The average Bonchev–Trinajstić information content (AvgIpc) is 2.99. The number of fused-ring (bicyclic) bond motifs is 1. The van der Waals surface area contributed by atoms with Crippen molar-refractivity contribution in [2.24, 2.45) is 0 Å². The molecule has 150 valence electrons. The molecule has 30 heavy (non-hydrogen) atoms. The summed E-state index contributed by atoms with van der Waals surface area (Å²) in [6, 6.07) is 16.6. The molecule has 1 heterocycles. The van der Waals surface area contributed by atoms with E-state index in [0.29, 0.717) is 16.8 Å². The van der Waals surface area contributed by atoms with Crippen LogP contribution in [-0.4, -0.2) is 24.8 Å². The smallest absolute Gasteiger partial charge is 0.266 e. The minimum Gasteiger partial charge on any atom is -0.355 e. The Hall–Kier alpha value is -3.73. The number of benzene rings is 3. The number of carbonyl (C=O) groups is 3. The van der Waals surface area contributed by atoms with E-state index in [-0.39, 0.29) is 17.4 Å². The van der Waals surface area contributed by atoms with Gasteiger partial charge in [0.25, 0.3) is 17.7 Å². The summed E-state index contributed by atoms with van der Waals surface area (Å²) < 4.78 is 0. The Labute approximate surface area is 175 Å². The lowest BCUT2D eigenvalue weighted by molar-refractivity contribution is 0.0924. The van der Waals surface area contributed by atoms with E-state index >= 15 is 0 Å². The number of rotatable bonds is 3. The van der Waals surface area contributed by atoms with Crippen molar-refractivity contribution in [3.8, 4) is 11.1 Å². The first kappa shape index (κ1) is 19.6. The van der Waals surface area contributed by atoms with Gasteiger partial charge < -0.3 is 5.32 Å². The SMILES string of the molecule is CNC(=O)c1ccc2c(c1)C(=O)N(c1ccc(-c3ccc(C)c(C)c3)cc1C)C2=O. The molecule has 0 atom stereocenters. The lowest BCUT2D eigenvalue weighted by Gasteiger charge is -2.18. The molecule has 0 saturated heterocycles. The molecule has 3 amide bonds. The molecular formula is C25H22N2O3. The molecule has 0 unspecified atom stereocenters. The first-order valence-electron chi connectivity index (χ1n) is 9.75. The van der Waals surface area contributed by atoms with Crippen molar-refractivity contribution >= 4 is 23.4 Å². The molecule has 5 heteroatoms. The van der Waals surface area contributed by atoms with E-state index in [1.165, 1.54) is 29.1 Å². The second-order valence-electron chi connectivity index (χ2n) is 7.59. The molecule has 0 spiro atoms. The number of anilines is 1. The van der Waals surface area contributed by atoms with Crippen molar-refractivity contribution < 1.29 is 14.4 Å². The molecule has 1 aliphatic rings. The van der Waals surface area contributed by atoms with Crippen LogP contribution in [0.25, 0.3) is 11.1 Å². The van der Waals surface area contributed by atoms with Crippen LogP contribution in [-0.2, 0) is 0 Å². The minimum atomic E-state index is -0.414. The number of nitrogens with one attached hydrogen (secondary N) is 1. The lowest BCUT2D eigenvalue weighted by Crippen LogP contribution is -2.30. The zero-order chi connectivity index (χ0) is 21.6. The minimum absolute atomic E-state index is 0.249. The predicted molar refractivity (Wildman–Crippen MR) is 117 cm³/mol. The highest BCUT2D eigenvalue weighted by Gasteiger charge is 2.37. The van der Waals surface area contributed by atoms with Gasteiger partial charge in [-0.1, -0.05) is 24.3 Å². The molecule has 0 bridgehead atoms. The highest BCUT2D eigenvalue weighted by molar-refractivity contribution is 6.35. The fourth-order valence-electron chi connectivity index (χ4n) is 3.75. The van der Waals surface area contributed by atoms with E-state index in [1.807, 2.05) is 19.1 Å². The fraction of sp³-hybridized carbons (Fsp3) is 0.160. The van der Waals surface area contributed by atoms with Crippen molar-refractivity contribution in [1.29, 1.82) is 0 Å². The van der Waals surface area contributed by atoms with Gasteiger partial charge in [-0.2, -0.15) is 0 Å². The van der Waals surface area contributed by atoms with Crippen LogP contribution in [0.1, 0.15) is 47.8 Å². The van der Waals surface area contributed by atoms with Crippen molar-refractivity contribution in [1.82, 2.24) is 5.32 Å². The Morgan fingerprint density at radius 3 is 2.00 bits per heavy atom. The van der Waals surface area contributed by atoms with Crippen LogP contribution >= 0.6 is 0 Å². The normalized spacial score (nSPS) is 12.9. The summed E-state index contributed by atoms with van der Waals surface area (Å²) in [5.41, 5.74) is 6.84. The van der Waals surface area contributed by atoms with E-state index in [0.717, 1.165) is 16.7 Å². The maximum absolute atomic E-state index is 13.0. The number of carbonyl (C=O) groups excluding carboxylic acids is 3. The van der Waals surface area contributed by atoms with Crippen LogP contribution in [0.5, 0.6) is 0 Å². The number of aryl methyl sites for hydroxylation is 3. The molecule has 0 radical (unpaired) electrons. The highest BCUT2D eigenvalue weighted by Crippen LogP contribution is 2.33. The predicted octanol–water partition coefficient (Wildman–Crippen LogP) is 4.44. The third-order valence-corrected chi connectivity index (χ3v) is 5.65. The zero-order valence-corrected chi connectivity index (χ0v) is 17.4. The van der Waals surface area contributed by atoms with Crippen LogP contribution in [0.15, 0.2) is 54.6 Å². The van der Waals surface area contributed by atoms with E-state index in [2.05, 4.69) is 37.4 Å². The summed E-state index contributed by atoms with van der Waals surface area (Å²) in [6.45, 7) is 6.04. The molecule has 3 aromatic carbocycles. The Morgan fingerprint density at radius 2 is 1.37 bits per heavy atom. The largest absolute Gasteiger partial charge is 0.355 e. The molecule has 0 aromatic heterocycles. The van der Waals surface area contributed by atoms with Gasteiger partial charge in [-0.05, 0) is 78.9 Å². The second kappa shape index (κ2) is 7.26. The third-order valence-electron chi connectivity index (χ3n) is 5.65. The Bertz CT molecular complexity index is 1230. The van der Waals surface area contributed by atoms with Gasteiger partial charge in [0.05, 0.1) is 16.8 Å². The van der Waals surface area contributed by atoms with Gasteiger partial charge in [-0.3, -0.25) is 14.4 Å². The highest BCUT2D eigenvalue weighted by atomic mass is 16.2. The fourth-order valence-corrected chi connectivity index (χ4v) is 3.75. The number of nitrogens with zero attached hydrogens (tertiary/aromatic N) is 1. The van der Waals surface area contributed by atoms with Gasteiger partial charge in [-0.25, -0.2) is 4.90 Å². The Morgan fingerprint density at radius 1 is 0.733 bits per heavy atom. The molecule has 0 fully saturated rings. The molecule has 3 aromatic rings. The summed E-state index contributed by atoms with van der Waals surface area (Å²) in [6.07, 6.45) is 0. The van der Waals surface area contributed by atoms with Gasteiger partial charge in [-0.15, -0.1) is 0 Å². The van der Waals surface area contributed by atoms with Gasteiger partial charge in [0.15, 0.2) is 0 Å². The van der Waals surface area contributed by atoms with Crippen molar-refractivity contribution in [3.63, 3.8) is 0 Å². The molecule has 1 aliphatic heterocycles. The average molecular weight is 398 g/mol. The van der Waals surface area contributed by atoms with Crippen LogP contribution in [0.2, 0.25) is 0 Å². The maximum Gasteiger partial charge on any atom is 0.266 e. The lowest BCUT2D eigenvalue weighted by atomic mass is 9.98. The first-order chi connectivity index (χ1) is 14.3. The Kier molecular flexibility index (Phi) is 4.74. The number of amides is 3. The summed E-state index contributed by atoms with van der Waals surface area (Å²) in [5, 5.41) is 2.53. The molecule has 1 N–H and O–H groups in total. The zero-order valence-electron chi connectivity index (χ0n) is 17.4. The van der Waals surface area contributed by atoms with E-state index in [1.54, 1.807) is 18.2 Å². The molecule has 5 nitrogen and oxygen atoms in total. The summed E-state index contributed by atoms with van der Waals surface area (Å²) in [7, 11) is 1.52. The summed E-state index contributed by atoms with van der Waals surface area (Å²) >= 11 is 0. The quantitative estimate of drug-likeness (QED) is 0.664. The monoisotopic (exact) mass is 398 g/mol. The standard InChI is InChI=1S/C25H22N2O3/c1-14-5-6-17(11-15(14)2)18-8-10-22(16(3)12-18)27-24(29)20-9-7-19(23(28)26-4)13-21(20)25(27)30/h5-13H,1-4H3,(H,26,28). The van der Waals surface area contributed by atoms with Gasteiger partial charge in [0.2, 0.25) is 0 Å². The number of hydrogen-bond acceptors (Lipinski definition) is 3. The molecular weight excluding hydrogens is 376 g/mol. The third kappa shape index (κ3) is 3.08. The summed E-state index contributed by atoms with van der Waals surface area (Å²) in [5.74, 6) is -1.09. The Balaban J connectivity index is 1.72. The molecule has 0 aliphatic carbocycles. The van der Waals surface area contributed by atoms with Crippen molar-refractivity contribution in [2.75, 3.05) is 11.9 Å². The van der Waals surface area contributed by atoms with Crippen molar-refractivity contribution in [3.05, 3.63) is 88.0 Å². The van der Waals surface area contributed by atoms with Crippen LogP contribution in [0, 0.1) is 20.8 Å². The van der Waals surface area contributed by atoms with Crippen LogP contribution in [0.3, 0.4) is 0 Å². The van der Waals surface area contributed by atoms with Gasteiger partial charge in [0, 0.05) is 12.6 Å². The molecule has 0 saturated carbocycles. The van der Waals surface area contributed by atoms with E-state index in [4.69, 9.17) is 0 Å². The topological polar surface area (TPSA) is 66.5 Å². The van der Waals surface area contributed by atoms with E-state index < -0.39 is 5.91 Å². The first-order valence-corrected chi connectivity index (χ1v) is 9.75. The summed E-state index contributed by atoms with van der Waals surface area (Å²) in [4.78, 5) is 39.1.